The van der Waals surface area contributed by atoms with Crippen LogP contribution in [0.4, 0.5) is 0 Å². The van der Waals surface area contributed by atoms with Crippen molar-refractivity contribution in [3.05, 3.63) is 81.9 Å². The van der Waals surface area contributed by atoms with Crippen molar-refractivity contribution in [3.8, 4) is 11.5 Å². The highest BCUT2D eigenvalue weighted by Crippen LogP contribution is 2.49. The summed E-state index contributed by atoms with van der Waals surface area (Å²) in [5.74, 6) is 0.0219. The number of rotatable bonds is 12. The van der Waals surface area contributed by atoms with Gasteiger partial charge < -0.3 is 34.7 Å². The molecule has 2 saturated heterocycles. The Morgan fingerprint density at radius 3 is 2.61 bits per heavy atom. The van der Waals surface area contributed by atoms with Gasteiger partial charge in [-0.1, -0.05) is 23.7 Å². The number of fused-ring (bicyclic) bond motifs is 2. The zero-order chi connectivity index (χ0) is 34.3. The molecule has 12 nitrogen and oxygen atoms in total. The number of carboxylic acid groups (broad SMARTS) is 2. The van der Waals surface area contributed by atoms with Gasteiger partial charge in [-0.05, 0) is 74.2 Å². The normalized spacial score (nSPS) is 21.5. The lowest BCUT2D eigenvalue weighted by Crippen LogP contribution is -2.35. The standard InChI is InChI=1S/C35H38ClN5O7S/c1-35(29-6-5-23(36)15-38-29)47-28-4-2-3-25(32(28)48-35)20-7-10-40(11-8-20)17-30-39-31-22(18-49-19-26(37)34(44)45)13-21(33(42)43)14-27(31)41(30)16-24-9-12-46-24/h2-6,13-15,20,24,26H,7-12,16-19,37H2,1H3,(H,42,43)(H,44,45)/t24?,26-,35-/m0/s1. The first kappa shape index (κ1) is 33.6. The molecule has 5 heterocycles. The number of para-hydroxylation sites is 1. The van der Waals surface area contributed by atoms with Crippen LogP contribution in [-0.2, 0) is 34.2 Å². The van der Waals surface area contributed by atoms with E-state index in [1.54, 1.807) is 24.4 Å². The summed E-state index contributed by atoms with van der Waals surface area (Å²) in [6.45, 7) is 5.43. The van der Waals surface area contributed by atoms with E-state index in [2.05, 4.69) is 20.5 Å². The Balaban J connectivity index is 1.10. The number of aromatic carboxylic acids is 1. The van der Waals surface area contributed by atoms with Gasteiger partial charge in [-0.15, -0.1) is 0 Å². The molecule has 2 aromatic heterocycles. The topological polar surface area (TPSA) is 162 Å². The van der Waals surface area contributed by atoms with Crippen LogP contribution >= 0.6 is 23.4 Å². The molecule has 0 radical (unpaired) electrons. The molecule has 2 fully saturated rings. The van der Waals surface area contributed by atoms with Crippen LogP contribution in [0, 0.1) is 0 Å². The molecule has 2 aromatic carbocycles. The molecule has 4 N–H and O–H groups in total. The largest absolute Gasteiger partial charge is 0.480 e. The minimum atomic E-state index is -1.07. The number of thioether (sulfide) groups is 1. The number of likely N-dealkylation sites (tertiary alicyclic amines) is 1. The molecule has 49 heavy (non-hydrogen) atoms. The molecule has 1 unspecified atom stereocenters. The number of pyridine rings is 1. The molecule has 0 bridgehead atoms. The third kappa shape index (κ3) is 6.95. The monoisotopic (exact) mass is 707 g/mol. The number of halogens is 1. The van der Waals surface area contributed by atoms with Gasteiger partial charge in [0.15, 0.2) is 11.5 Å². The molecule has 7 rings (SSSR count). The molecule has 3 aliphatic rings. The summed E-state index contributed by atoms with van der Waals surface area (Å²) in [5.41, 5.74) is 9.86. The van der Waals surface area contributed by atoms with E-state index in [1.807, 2.05) is 25.1 Å². The zero-order valence-electron chi connectivity index (χ0n) is 27.0. The number of benzene rings is 2. The average Bonchev–Trinajstić information content (AvgIpc) is 3.60. The van der Waals surface area contributed by atoms with Crippen molar-refractivity contribution in [1.82, 2.24) is 19.4 Å². The molecule has 3 aliphatic heterocycles. The van der Waals surface area contributed by atoms with Crippen molar-refractivity contribution in [2.45, 2.75) is 68.9 Å². The van der Waals surface area contributed by atoms with E-state index >= 15 is 0 Å². The molecular formula is C35H38ClN5O7S. The van der Waals surface area contributed by atoms with Crippen molar-refractivity contribution < 1.29 is 34.0 Å². The van der Waals surface area contributed by atoms with Gasteiger partial charge in [0.05, 0.1) is 40.8 Å². The van der Waals surface area contributed by atoms with Crippen LogP contribution < -0.4 is 15.2 Å². The number of carbonyl (C=O) groups is 2. The maximum Gasteiger partial charge on any atom is 0.335 e. The van der Waals surface area contributed by atoms with Gasteiger partial charge in [0.1, 0.15) is 17.6 Å². The van der Waals surface area contributed by atoms with Crippen LogP contribution in [0.5, 0.6) is 11.5 Å². The van der Waals surface area contributed by atoms with Crippen molar-refractivity contribution in [2.24, 2.45) is 5.73 Å². The Kier molecular flexibility index (Phi) is 9.46. The number of carboxylic acids is 2. The smallest absolute Gasteiger partial charge is 0.335 e. The number of nitrogens with two attached hydrogens (primary N) is 1. The number of ether oxygens (including phenoxy) is 3. The zero-order valence-corrected chi connectivity index (χ0v) is 28.6. The Labute approximate surface area is 292 Å². The van der Waals surface area contributed by atoms with E-state index in [4.69, 9.17) is 36.5 Å². The Hall–Kier alpha value is -3.88. The predicted molar refractivity (Wildman–Crippen MR) is 184 cm³/mol. The first-order valence-electron chi connectivity index (χ1n) is 16.4. The molecule has 0 amide bonds. The van der Waals surface area contributed by atoms with E-state index in [1.165, 1.54) is 11.8 Å². The summed E-state index contributed by atoms with van der Waals surface area (Å²) in [7, 11) is 0. The lowest BCUT2D eigenvalue weighted by Gasteiger charge is -2.33. The minimum Gasteiger partial charge on any atom is -0.480 e. The predicted octanol–water partition coefficient (Wildman–Crippen LogP) is 5.24. The van der Waals surface area contributed by atoms with Crippen LogP contribution in [0.15, 0.2) is 48.7 Å². The summed E-state index contributed by atoms with van der Waals surface area (Å²) in [4.78, 5) is 35.3. The van der Waals surface area contributed by atoms with Gasteiger partial charge in [0, 0.05) is 36.8 Å². The van der Waals surface area contributed by atoms with Gasteiger partial charge >= 0.3 is 11.9 Å². The lowest BCUT2D eigenvalue weighted by atomic mass is 9.88. The molecule has 0 saturated carbocycles. The van der Waals surface area contributed by atoms with Crippen molar-refractivity contribution >= 4 is 46.3 Å². The van der Waals surface area contributed by atoms with Gasteiger partial charge in [-0.25, -0.2) is 9.78 Å². The van der Waals surface area contributed by atoms with Gasteiger partial charge in [-0.2, -0.15) is 11.8 Å². The molecular weight excluding hydrogens is 670 g/mol. The lowest BCUT2D eigenvalue weighted by molar-refractivity contribution is -0.137. The van der Waals surface area contributed by atoms with Crippen molar-refractivity contribution in [3.63, 3.8) is 0 Å². The maximum absolute atomic E-state index is 12.1. The average molecular weight is 708 g/mol. The van der Waals surface area contributed by atoms with Gasteiger partial charge in [-0.3, -0.25) is 14.7 Å². The molecule has 3 atom stereocenters. The first-order chi connectivity index (χ1) is 23.6. The van der Waals surface area contributed by atoms with Crippen molar-refractivity contribution in [2.75, 3.05) is 25.4 Å². The SMILES string of the molecule is C[C@]1(c2ccc(Cl)cn2)Oc2cccc(C3CCN(Cc4nc5c(CSC[C@H](N)C(=O)O)cc(C(=O)O)cc5n4CC4CCO4)CC3)c2O1. The summed E-state index contributed by atoms with van der Waals surface area (Å²) < 4.78 is 20.7. The third-order valence-corrected chi connectivity index (χ3v) is 10.8. The van der Waals surface area contributed by atoms with Crippen LogP contribution in [0.3, 0.4) is 0 Å². The highest BCUT2D eigenvalue weighted by molar-refractivity contribution is 7.98. The summed E-state index contributed by atoms with van der Waals surface area (Å²) in [6, 6.07) is 12.0. The van der Waals surface area contributed by atoms with Crippen LogP contribution in [0.1, 0.15) is 65.1 Å². The number of imidazole rings is 1. The number of piperidine rings is 1. The second kappa shape index (κ2) is 13.8. The number of hydrogen-bond acceptors (Lipinski definition) is 10. The fraction of sp³-hybridized carbons (Fsp3) is 0.429. The van der Waals surface area contributed by atoms with E-state index in [9.17, 15) is 19.8 Å². The maximum atomic E-state index is 12.1. The number of nitrogens with zero attached hydrogens (tertiary/aromatic N) is 4. The second-order valence-corrected chi connectivity index (χ2v) is 14.4. The highest BCUT2D eigenvalue weighted by Gasteiger charge is 2.42. The first-order valence-corrected chi connectivity index (χ1v) is 17.9. The van der Waals surface area contributed by atoms with E-state index in [0.717, 1.165) is 66.1 Å². The van der Waals surface area contributed by atoms with Gasteiger partial charge in [0.25, 0.3) is 5.79 Å². The van der Waals surface area contributed by atoms with Crippen LogP contribution in [0.25, 0.3) is 11.0 Å². The van der Waals surface area contributed by atoms with Gasteiger partial charge in [0.2, 0.25) is 0 Å². The molecule has 0 aliphatic carbocycles. The summed E-state index contributed by atoms with van der Waals surface area (Å²) in [6.07, 6.45) is 4.38. The third-order valence-electron chi connectivity index (χ3n) is 9.51. The Morgan fingerprint density at radius 2 is 1.94 bits per heavy atom. The number of aliphatic carboxylic acids is 1. The number of aromatic nitrogens is 3. The van der Waals surface area contributed by atoms with E-state index < -0.39 is 23.8 Å². The molecule has 258 valence electrons. The molecule has 0 spiro atoms. The fourth-order valence-corrected chi connectivity index (χ4v) is 7.78. The van der Waals surface area contributed by atoms with Crippen LogP contribution in [-0.4, -0.2) is 79.2 Å². The van der Waals surface area contributed by atoms with E-state index in [0.29, 0.717) is 41.9 Å². The second-order valence-electron chi connectivity index (χ2n) is 12.9. The summed E-state index contributed by atoms with van der Waals surface area (Å²) in [5, 5.41) is 19.7. The van der Waals surface area contributed by atoms with E-state index in [-0.39, 0.29) is 23.3 Å². The number of hydrogen-bond donors (Lipinski definition) is 3. The summed E-state index contributed by atoms with van der Waals surface area (Å²) >= 11 is 7.42. The molecule has 4 aromatic rings. The minimum absolute atomic E-state index is 0.0397. The Morgan fingerprint density at radius 1 is 1.14 bits per heavy atom. The highest BCUT2D eigenvalue weighted by atomic mass is 35.5. The fourth-order valence-electron chi connectivity index (χ4n) is 6.72. The quantitative estimate of drug-likeness (QED) is 0.176. The molecule has 14 heteroatoms. The van der Waals surface area contributed by atoms with Crippen molar-refractivity contribution in [1.29, 1.82) is 0 Å². The Bertz CT molecular complexity index is 1880. The van der Waals surface area contributed by atoms with Crippen LogP contribution in [0.2, 0.25) is 5.02 Å².